The summed E-state index contributed by atoms with van der Waals surface area (Å²) in [5, 5.41) is 9.24. The van der Waals surface area contributed by atoms with Crippen LogP contribution in [-0.2, 0) is 11.2 Å². The molecular formula is C16H21NO3. The molecule has 1 aromatic rings. The van der Waals surface area contributed by atoms with E-state index in [4.69, 9.17) is 4.74 Å². The number of aliphatic carboxylic acids is 1. The number of likely N-dealkylation sites (tertiary alicyclic amines) is 1. The number of ether oxygens (including phenoxy) is 1. The number of carboxylic acids is 1. The number of hydrogen-bond acceptors (Lipinski definition) is 3. The lowest BCUT2D eigenvalue weighted by molar-refractivity contribution is -0.150. The van der Waals surface area contributed by atoms with Gasteiger partial charge in [0.2, 0.25) is 0 Å². The molecule has 4 heteroatoms. The highest BCUT2D eigenvalue weighted by Gasteiger charge is 2.37. The molecular weight excluding hydrogens is 254 g/mol. The van der Waals surface area contributed by atoms with Crippen molar-refractivity contribution in [2.75, 3.05) is 19.6 Å². The summed E-state index contributed by atoms with van der Waals surface area (Å²) in [5.74, 6) is 0.339. The Bertz CT molecular complexity index is 481. The van der Waals surface area contributed by atoms with Gasteiger partial charge in [0.05, 0.1) is 5.41 Å². The van der Waals surface area contributed by atoms with E-state index in [2.05, 4.69) is 11.0 Å². The van der Waals surface area contributed by atoms with E-state index in [1.807, 2.05) is 25.1 Å². The van der Waals surface area contributed by atoms with Crippen LogP contribution in [0.5, 0.6) is 5.75 Å². The lowest BCUT2D eigenvalue weighted by Crippen LogP contribution is -2.45. The molecule has 0 aliphatic carbocycles. The highest BCUT2D eigenvalue weighted by atomic mass is 16.5. The van der Waals surface area contributed by atoms with Crippen LogP contribution in [0.15, 0.2) is 24.3 Å². The molecule has 1 fully saturated rings. The molecule has 0 saturated carbocycles. The van der Waals surface area contributed by atoms with Gasteiger partial charge in [-0.15, -0.1) is 0 Å². The summed E-state index contributed by atoms with van der Waals surface area (Å²) in [7, 11) is 0. The van der Waals surface area contributed by atoms with E-state index in [1.54, 1.807) is 0 Å². The van der Waals surface area contributed by atoms with Crippen molar-refractivity contribution in [3.05, 3.63) is 29.8 Å². The van der Waals surface area contributed by atoms with Gasteiger partial charge in [-0.25, -0.2) is 0 Å². The predicted octanol–water partition coefficient (Wildman–Crippen LogP) is 2.18. The third-order valence-corrected chi connectivity index (χ3v) is 4.65. The minimum absolute atomic E-state index is 0.210. The van der Waals surface area contributed by atoms with Crippen LogP contribution in [0.3, 0.4) is 0 Å². The van der Waals surface area contributed by atoms with Crippen LogP contribution < -0.4 is 4.74 Å². The summed E-state index contributed by atoms with van der Waals surface area (Å²) < 4.78 is 5.95. The molecule has 1 N–H and O–H groups in total. The van der Waals surface area contributed by atoms with Crippen molar-refractivity contribution in [1.29, 1.82) is 0 Å². The van der Waals surface area contributed by atoms with E-state index >= 15 is 0 Å². The second-order valence-electron chi connectivity index (χ2n) is 6.22. The smallest absolute Gasteiger partial charge is 0.309 e. The number of carbonyl (C=O) groups is 1. The first-order valence-electron chi connectivity index (χ1n) is 7.27. The average Bonchev–Trinajstić information content (AvgIpc) is 2.83. The van der Waals surface area contributed by atoms with E-state index in [1.165, 1.54) is 5.56 Å². The first-order chi connectivity index (χ1) is 9.57. The maximum Gasteiger partial charge on any atom is 0.309 e. The van der Waals surface area contributed by atoms with Gasteiger partial charge in [0.25, 0.3) is 0 Å². The molecule has 2 aliphatic heterocycles. The molecule has 2 heterocycles. The van der Waals surface area contributed by atoms with Crippen molar-refractivity contribution in [3.63, 3.8) is 0 Å². The Kier molecular flexibility index (Phi) is 3.42. The topological polar surface area (TPSA) is 49.8 Å². The maximum absolute atomic E-state index is 11.2. The minimum atomic E-state index is -0.665. The van der Waals surface area contributed by atoms with Crippen molar-refractivity contribution >= 4 is 5.97 Å². The van der Waals surface area contributed by atoms with E-state index in [0.29, 0.717) is 0 Å². The number of fused-ring (bicyclic) bond motifs is 1. The molecule has 108 valence electrons. The summed E-state index contributed by atoms with van der Waals surface area (Å²) in [6.45, 7) is 4.44. The Morgan fingerprint density at radius 1 is 1.40 bits per heavy atom. The average molecular weight is 275 g/mol. The van der Waals surface area contributed by atoms with Gasteiger partial charge in [-0.05, 0) is 44.5 Å². The fourth-order valence-corrected chi connectivity index (χ4v) is 3.09. The molecule has 3 rings (SSSR count). The Morgan fingerprint density at radius 3 is 2.75 bits per heavy atom. The number of rotatable bonds is 3. The van der Waals surface area contributed by atoms with Crippen molar-refractivity contribution in [2.45, 2.75) is 32.3 Å². The van der Waals surface area contributed by atoms with Crippen molar-refractivity contribution < 1.29 is 14.6 Å². The van der Waals surface area contributed by atoms with Crippen molar-refractivity contribution in [3.8, 4) is 5.75 Å². The monoisotopic (exact) mass is 275 g/mol. The summed E-state index contributed by atoms with van der Waals surface area (Å²) >= 11 is 0. The fraction of sp³-hybridized carbons (Fsp3) is 0.562. The van der Waals surface area contributed by atoms with E-state index in [0.717, 1.165) is 44.6 Å². The van der Waals surface area contributed by atoms with Crippen LogP contribution in [0, 0.1) is 5.41 Å². The van der Waals surface area contributed by atoms with Crippen LogP contribution in [0.25, 0.3) is 0 Å². The van der Waals surface area contributed by atoms with E-state index in [9.17, 15) is 9.90 Å². The van der Waals surface area contributed by atoms with Gasteiger partial charge in [-0.3, -0.25) is 9.69 Å². The van der Waals surface area contributed by atoms with Gasteiger partial charge < -0.3 is 9.84 Å². The predicted molar refractivity (Wildman–Crippen MR) is 76.0 cm³/mol. The SMILES string of the molecule is CC1(C(=O)O)CCN(CC2Cc3ccccc3O2)CC1. The molecule has 0 aromatic heterocycles. The normalized spacial score (nSPS) is 24.9. The molecule has 1 saturated heterocycles. The van der Waals surface area contributed by atoms with Crippen LogP contribution in [-0.4, -0.2) is 41.7 Å². The zero-order chi connectivity index (χ0) is 14.2. The number of para-hydroxylation sites is 1. The van der Waals surface area contributed by atoms with Crippen molar-refractivity contribution in [1.82, 2.24) is 4.90 Å². The zero-order valence-corrected chi connectivity index (χ0v) is 11.8. The first kappa shape index (κ1) is 13.4. The Balaban J connectivity index is 1.53. The third kappa shape index (κ3) is 2.52. The zero-order valence-electron chi connectivity index (χ0n) is 11.8. The minimum Gasteiger partial charge on any atom is -0.488 e. The Labute approximate surface area is 119 Å². The van der Waals surface area contributed by atoms with Gasteiger partial charge in [0.15, 0.2) is 0 Å². The molecule has 1 aromatic carbocycles. The highest BCUT2D eigenvalue weighted by Crippen LogP contribution is 2.33. The number of benzene rings is 1. The van der Waals surface area contributed by atoms with Gasteiger partial charge in [0, 0.05) is 13.0 Å². The highest BCUT2D eigenvalue weighted by molar-refractivity contribution is 5.74. The van der Waals surface area contributed by atoms with Gasteiger partial charge in [-0.2, -0.15) is 0 Å². The van der Waals surface area contributed by atoms with Crippen LogP contribution in [0.1, 0.15) is 25.3 Å². The summed E-state index contributed by atoms with van der Waals surface area (Å²) in [5.41, 5.74) is 0.737. The van der Waals surface area contributed by atoms with Gasteiger partial charge >= 0.3 is 5.97 Å². The second kappa shape index (κ2) is 5.09. The Morgan fingerprint density at radius 2 is 2.10 bits per heavy atom. The van der Waals surface area contributed by atoms with Crippen LogP contribution >= 0.6 is 0 Å². The van der Waals surface area contributed by atoms with Crippen molar-refractivity contribution in [2.24, 2.45) is 5.41 Å². The fourth-order valence-electron chi connectivity index (χ4n) is 3.09. The molecule has 0 amide bonds. The van der Waals surface area contributed by atoms with Crippen LogP contribution in [0.4, 0.5) is 0 Å². The number of nitrogens with zero attached hydrogens (tertiary/aromatic N) is 1. The second-order valence-corrected chi connectivity index (χ2v) is 6.22. The molecule has 1 unspecified atom stereocenters. The molecule has 4 nitrogen and oxygen atoms in total. The molecule has 0 radical (unpaired) electrons. The van der Waals surface area contributed by atoms with Crippen LogP contribution in [0.2, 0.25) is 0 Å². The molecule has 1 atom stereocenters. The molecule has 0 spiro atoms. The van der Waals surface area contributed by atoms with Gasteiger partial charge in [0.1, 0.15) is 11.9 Å². The van der Waals surface area contributed by atoms with E-state index < -0.39 is 11.4 Å². The lowest BCUT2D eigenvalue weighted by Gasteiger charge is -2.37. The summed E-state index contributed by atoms with van der Waals surface area (Å²) in [6.07, 6.45) is 2.62. The quantitative estimate of drug-likeness (QED) is 0.918. The number of carboxylic acid groups (broad SMARTS) is 1. The standard InChI is InChI=1S/C16H21NO3/c1-16(15(18)19)6-8-17(9-7-16)11-13-10-12-4-2-3-5-14(12)20-13/h2-5,13H,6-11H2,1H3,(H,18,19). The third-order valence-electron chi connectivity index (χ3n) is 4.65. The molecule has 20 heavy (non-hydrogen) atoms. The maximum atomic E-state index is 11.2. The summed E-state index contributed by atoms with van der Waals surface area (Å²) in [6, 6.07) is 8.18. The van der Waals surface area contributed by atoms with Gasteiger partial charge in [-0.1, -0.05) is 18.2 Å². The lowest BCUT2D eigenvalue weighted by atomic mass is 9.80. The first-order valence-corrected chi connectivity index (χ1v) is 7.27. The molecule has 0 bridgehead atoms. The van der Waals surface area contributed by atoms with E-state index in [-0.39, 0.29) is 6.10 Å². The largest absolute Gasteiger partial charge is 0.488 e. The number of hydrogen-bond donors (Lipinski definition) is 1. The number of piperidine rings is 1. The Hall–Kier alpha value is -1.55. The molecule has 2 aliphatic rings. The summed E-state index contributed by atoms with van der Waals surface area (Å²) in [4.78, 5) is 13.6.